The summed E-state index contributed by atoms with van der Waals surface area (Å²) in [5.41, 5.74) is 2.37. The largest absolute Gasteiger partial charge is 0.454 e. The maximum Gasteiger partial charge on any atom is 0.254 e. The summed E-state index contributed by atoms with van der Waals surface area (Å²) in [5.74, 6) is 1.26. The average Bonchev–Trinajstić information content (AvgIpc) is 3.33. The van der Waals surface area contributed by atoms with Crippen molar-refractivity contribution in [1.29, 1.82) is 0 Å². The van der Waals surface area contributed by atoms with Crippen molar-refractivity contribution in [3.8, 4) is 22.8 Å². The van der Waals surface area contributed by atoms with Crippen molar-refractivity contribution < 1.29 is 14.3 Å². The second-order valence-corrected chi connectivity index (χ2v) is 8.27. The van der Waals surface area contributed by atoms with Crippen LogP contribution in [-0.2, 0) is 17.8 Å². The molecular weight excluding hydrogens is 420 g/mol. The molecule has 1 amide bonds. The number of hydrogen-bond donors (Lipinski definition) is 0. The second kappa shape index (κ2) is 9.46. The summed E-state index contributed by atoms with van der Waals surface area (Å²) in [5, 5.41) is 0. The van der Waals surface area contributed by atoms with Gasteiger partial charge in [0.15, 0.2) is 11.5 Å². The SMILES string of the molecule is O=C(Cn1cnc(-c2ccc3c(c2)OCO3)cc1=O)N1CCN(CCc2ccccc2)CC1. The molecule has 0 spiro atoms. The Morgan fingerprint density at radius 2 is 1.73 bits per heavy atom. The smallest absolute Gasteiger partial charge is 0.254 e. The Balaban J connectivity index is 1.15. The third kappa shape index (κ3) is 4.90. The first-order chi connectivity index (χ1) is 16.2. The first kappa shape index (κ1) is 21.2. The Labute approximate surface area is 192 Å². The van der Waals surface area contributed by atoms with Crippen LogP contribution in [0.2, 0.25) is 0 Å². The van der Waals surface area contributed by atoms with Gasteiger partial charge in [-0.05, 0) is 30.2 Å². The first-order valence-electron chi connectivity index (χ1n) is 11.2. The molecule has 2 aliphatic heterocycles. The fourth-order valence-electron chi connectivity index (χ4n) is 4.16. The molecule has 0 N–H and O–H groups in total. The van der Waals surface area contributed by atoms with E-state index in [2.05, 4.69) is 34.1 Å². The van der Waals surface area contributed by atoms with Crippen molar-refractivity contribution in [3.05, 3.63) is 76.8 Å². The van der Waals surface area contributed by atoms with Crippen LogP contribution in [0, 0.1) is 0 Å². The Hall–Kier alpha value is -3.65. The molecule has 5 rings (SSSR count). The van der Waals surface area contributed by atoms with Gasteiger partial charge in [0, 0.05) is 44.4 Å². The molecule has 1 aromatic heterocycles. The third-order valence-electron chi connectivity index (χ3n) is 6.14. The van der Waals surface area contributed by atoms with E-state index >= 15 is 0 Å². The van der Waals surface area contributed by atoms with Gasteiger partial charge in [0.1, 0.15) is 6.54 Å². The van der Waals surface area contributed by atoms with Crippen molar-refractivity contribution >= 4 is 5.91 Å². The molecule has 3 heterocycles. The molecule has 2 aliphatic rings. The molecule has 3 aromatic rings. The normalized spacial score (nSPS) is 15.6. The fraction of sp³-hybridized carbons (Fsp3) is 0.320. The van der Waals surface area contributed by atoms with Crippen LogP contribution in [0.15, 0.2) is 65.7 Å². The topological polar surface area (TPSA) is 76.9 Å². The lowest BCUT2D eigenvalue weighted by atomic mass is 10.1. The Bertz CT molecular complexity index is 1190. The van der Waals surface area contributed by atoms with E-state index in [9.17, 15) is 9.59 Å². The van der Waals surface area contributed by atoms with Gasteiger partial charge in [-0.2, -0.15) is 0 Å². The molecule has 0 aliphatic carbocycles. The van der Waals surface area contributed by atoms with Crippen molar-refractivity contribution in [3.63, 3.8) is 0 Å². The maximum atomic E-state index is 12.8. The van der Waals surface area contributed by atoms with E-state index in [0.717, 1.165) is 31.6 Å². The zero-order valence-electron chi connectivity index (χ0n) is 18.4. The van der Waals surface area contributed by atoms with Crippen molar-refractivity contribution in [1.82, 2.24) is 19.4 Å². The Morgan fingerprint density at radius 1 is 0.939 bits per heavy atom. The number of aromatic nitrogens is 2. The fourth-order valence-corrected chi connectivity index (χ4v) is 4.16. The van der Waals surface area contributed by atoms with E-state index in [1.807, 2.05) is 17.0 Å². The summed E-state index contributed by atoms with van der Waals surface area (Å²) in [7, 11) is 0. The summed E-state index contributed by atoms with van der Waals surface area (Å²) in [6, 6.07) is 17.3. The Kier molecular flexibility index (Phi) is 6.08. The van der Waals surface area contributed by atoms with Gasteiger partial charge < -0.3 is 14.4 Å². The number of piperazine rings is 1. The van der Waals surface area contributed by atoms with Crippen LogP contribution in [0.25, 0.3) is 11.3 Å². The van der Waals surface area contributed by atoms with E-state index in [4.69, 9.17) is 9.47 Å². The highest BCUT2D eigenvalue weighted by molar-refractivity contribution is 5.76. The minimum atomic E-state index is -0.257. The van der Waals surface area contributed by atoms with Crippen LogP contribution in [0.3, 0.4) is 0 Å². The molecule has 2 aromatic carbocycles. The number of fused-ring (bicyclic) bond motifs is 1. The zero-order valence-corrected chi connectivity index (χ0v) is 18.4. The Morgan fingerprint density at radius 3 is 2.52 bits per heavy atom. The highest BCUT2D eigenvalue weighted by atomic mass is 16.7. The first-order valence-corrected chi connectivity index (χ1v) is 11.2. The number of benzene rings is 2. The van der Waals surface area contributed by atoms with E-state index in [0.29, 0.717) is 30.3 Å². The van der Waals surface area contributed by atoms with Crippen molar-refractivity contribution in [2.45, 2.75) is 13.0 Å². The number of rotatable bonds is 6. The summed E-state index contributed by atoms with van der Waals surface area (Å²) in [6.07, 6.45) is 2.45. The number of carbonyl (C=O) groups excluding carboxylic acids is 1. The maximum absolute atomic E-state index is 12.8. The molecule has 0 bridgehead atoms. The van der Waals surface area contributed by atoms with E-state index in [1.54, 1.807) is 12.1 Å². The predicted octanol–water partition coefficient (Wildman–Crippen LogP) is 2.03. The molecule has 170 valence electrons. The van der Waals surface area contributed by atoms with Gasteiger partial charge in [0.25, 0.3) is 5.56 Å². The van der Waals surface area contributed by atoms with Gasteiger partial charge in [0.05, 0.1) is 12.0 Å². The van der Waals surface area contributed by atoms with E-state index in [1.165, 1.54) is 22.5 Å². The van der Waals surface area contributed by atoms with Gasteiger partial charge in [0.2, 0.25) is 12.7 Å². The van der Waals surface area contributed by atoms with Crippen LogP contribution in [0.4, 0.5) is 0 Å². The lowest BCUT2D eigenvalue weighted by Crippen LogP contribution is -2.50. The van der Waals surface area contributed by atoms with Gasteiger partial charge >= 0.3 is 0 Å². The molecule has 0 saturated carbocycles. The zero-order chi connectivity index (χ0) is 22.6. The highest BCUT2D eigenvalue weighted by Gasteiger charge is 2.21. The molecule has 8 heteroatoms. The summed E-state index contributed by atoms with van der Waals surface area (Å²) in [4.78, 5) is 34.0. The average molecular weight is 447 g/mol. The van der Waals surface area contributed by atoms with E-state index < -0.39 is 0 Å². The van der Waals surface area contributed by atoms with Crippen LogP contribution in [-0.4, -0.2) is 64.8 Å². The number of hydrogen-bond acceptors (Lipinski definition) is 6. The minimum Gasteiger partial charge on any atom is -0.454 e. The van der Waals surface area contributed by atoms with Gasteiger partial charge in [-0.3, -0.25) is 19.1 Å². The van der Waals surface area contributed by atoms with Crippen molar-refractivity contribution in [2.24, 2.45) is 0 Å². The monoisotopic (exact) mass is 446 g/mol. The number of ether oxygens (including phenoxy) is 2. The lowest BCUT2D eigenvalue weighted by molar-refractivity contribution is -0.133. The lowest BCUT2D eigenvalue weighted by Gasteiger charge is -2.34. The molecule has 0 radical (unpaired) electrons. The van der Waals surface area contributed by atoms with Crippen LogP contribution < -0.4 is 15.0 Å². The second-order valence-electron chi connectivity index (χ2n) is 8.27. The molecule has 1 saturated heterocycles. The molecule has 0 unspecified atom stereocenters. The molecule has 0 atom stereocenters. The minimum absolute atomic E-state index is 0.00271. The van der Waals surface area contributed by atoms with Crippen LogP contribution in [0.5, 0.6) is 11.5 Å². The predicted molar refractivity (Wildman–Crippen MR) is 123 cm³/mol. The highest BCUT2D eigenvalue weighted by Crippen LogP contribution is 2.35. The summed E-state index contributed by atoms with van der Waals surface area (Å²) >= 11 is 0. The van der Waals surface area contributed by atoms with Gasteiger partial charge in [-0.15, -0.1) is 0 Å². The quantitative estimate of drug-likeness (QED) is 0.577. The number of amides is 1. The van der Waals surface area contributed by atoms with Crippen LogP contribution in [0.1, 0.15) is 5.56 Å². The molecule has 1 fully saturated rings. The summed E-state index contributed by atoms with van der Waals surface area (Å²) in [6.45, 7) is 4.20. The third-order valence-corrected chi connectivity index (χ3v) is 6.14. The number of carbonyl (C=O) groups is 1. The van der Waals surface area contributed by atoms with Gasteiger partial charge in [-0.25, -0.2) is 4.98 Å². The van der Waals surface area contributed by atoms with E-state index in [-0.39, 0.29) is 24.8 Å². The van der Waals surface area contributed by atoms with Gasteiger partial charge in [-0.1, -0.05) is 30.3 Å². The standard InChI is InChI=1S/C25H26N4O4/c30-24-15-21(20-6-7-22-23(14-20)33-18-32-22)26-17-29(24)16-25(31)28-12-10-27(11-13-28)9-8-19-4-2-1-3-5-19/h1-7,14-15,17H,8-13,16,18H2. The molecule has 8 nitrogen and oxygen atoms in total. The van der Waals surface area contributed by atoms with Crippen LogP contribution >= 0.6 is 0 Å². The number of nitrogens with zero attached hydrogens (tertiary/aromatic N) is 4. The van der Waals surface area contributed by atoms with Crippen molar-refractivity contribution in [2.75, 3.05) is 39.5 Å². The molecular formula is C25H26N4O4. The molecule has 33 heavy (non-hydrogen) atoms. The summed E-state index contributed by atoms with van der Waals surface area (Å²) < 4.78 is 12.1.